The van der Waals surface area contributed by atoms with E-state index in [2.05, 4.69) is 93.8 Å². The SMILES string of the molecule is CCc1nc2ccccc2n1-c1ccc2c(B3OC(C)(C)C(C)(C)O3)cccc2c1. The monoisotopic (exact) mass is 398 g/mol. The molecule has 1 aliphatic rings. The van der Waals surface area contributed by atoms with Crippen molar-refractivity contribution in [2.75, 3.05) is 0 Å². The van der Waals surface area contributed by atoms with Gasteiger partial charge in [-0.05, 0) is 68.2 Å². The summed E-state index contributed by atoms with van der Waals surface area (Å²) < 4.78 is 14.9. The van der Waals surface area contributed by atoms with Crippen molar-refractivity contribution in [3.63, 3.8) is 0 Å². The third-order valence-electron chi connectivity index (χ3n) is 6.61. The molecular formula is C25H27BN2O2. The molecule has 0 spiro atoms. The van der Waals surface area contributed by atoms with Crippen LogP contribution in [0.25, 0.3) is 27.5 Å². The van der Waals surface area contributed by atoms with Crippen LogP contribution >= 0.6 is 0 Å². The molecule has 0 aliphatic carbocycles. The van der Waals surface area contributed by atoms with Crippen molar-refractivity contribution in [1.29, 1.82) is 0 Å². The van der Waals surface area contributed by atoms with Crippen LogP contribution in [-0.2, 0) is 15.7 Å². The number of hydrogen-bond donors (Lipinski definition) is 0. The minimum absolute atomic E-state index is 0.356. The summed E-state index contributed by atoms with van der Waals surface area (Å²) in [6.07, 6.45) is 0.876. The first kappa shape index (κ1) is 19.3. The number of benzene rings is 3. The Labute approximate surface area is 178 Å². The van der Waals surface area contributed by atoms with Gasteiger partial charge < -0.3 is 9.31 Å². The number of imidazole rings is 1. The van der Waals surface area contributed by atoms with Crippen molar-refractivity contribution in [2.45, 2.75) is 52.2 Å². The maximum Gasteiger partial charge on any atom is 0.495 e. The fourth-order valence-corrected chi connectivity index (χ4v) is 4.21. The maximum atomic E-state index is 6.32. The van der Waals surface area contributed by atoms with E-state index >= 15 is 0 Å². The second-order valence-corrected chi connectivity index (χ2v) is 9.05. The van der Waals surface area contributed by atoms with E-state index in [1.54, 1.807) is 0 Å². The Balaban J connectivity index is 1.63. The van der Waals surface area contributed by atoms with Crippen LogP contribution in [0.1, 0.15) is 40.4 Å². The molecule has 0 atom stereocenters. The molecule has 1 aliphatic heterocycles. The molecule has 1 fully saturated rings. The number of para-hydroxylation sites is 2. The van der Waals surface area contributed by atoms with Gasteiger partial charge in [0.1, 0.15) is 5.82 Å². The number of aryl methyl sites for hydroxylation is 1. The number of rotatable bonds is 3. The van der Waals surface area contributed by atoms with Crippen LogP contribution in [0.15, 0.2) is 60.7 Å². The molecule has 0 bridgehead atoms. The van der Waals surface area contributed by atoms with Crippen LogP contribution in [0.3, 0.4) is 0 Å². The number of aromatic nitrogens is 2. The van der Waals surface area contributed by atoms with Gasteiger partial charge >= 0.3 is 7.12 Å². The van der Waals surface area contributed by atoms with E-state index in [-0.39, 0.29) is 18.3 Å². The number of nitrogens with zero attached hydrogens (tertiary/aromatic N) is 2. The Bertz CT molecular complexity index is 1240. The lowest BCUT2D eigenvalue weighted by Crippen LogP contribution is -2.41. The Kier molecular flexibility index (Phi) is 4.32. The topological polar surface area (TPSA) is 36.3 Å². The highest BCUT2D eigenvalue weighted by Gasteiger charge is 2.52. The zero-order valence-electron chi connectivity index (χ0n) is 18.3. The van der Waals surface area contributed by atoms with E-state index in [1.807, 2.05) is 6.07 Å². The summed E-state index contributed by atoms with van der Waals surface area (Å²) in [7, 11) is -0.371. The van der Waals surface area contributed by atoms with E-state index in [1.165, 1.54) is 5.39 Å². The molecular weight excluding hydrogens is 371 g/mol. The van der Waals surface area contributed by atoms with Crippen molar-refractivity contribution in [2.24, 2.45) is 0 Å². The summed E-state index contributed by atoms with van der Waals surface area (Å²) in [5.74, 6) is 1.07. The molecule has 0 saturated carbocycles. The van der Waals surface area contributed by atoms with Gasteiger partial charge in [0.05, 0.1) is 22.2 Å². The van der Waals surface area contributed by atoms with Crippen LogP contribution < -0.4 is 5.46 Å². The van der Waals surface area contributed by atoms with Gasteiger partial charge in [0.15, 0.2) is 0 Å². The van der Waals surface area contributed by atoms with Gasteiger partial charge in [-0.25, -0.2) is 4.98 Å². The van der Waals surface area contributed by atoms with Gasteiger partial charge in [-0.3, -0.25) is 4.57 Å². The van der Waals surface area contributed by atoms with Gasteiger partial charge in [-0.15, -0.1) is 0 Å². The molecule has 3 aromatic carbocycles. The van der Waals surface area contributed by atoms with Crippen molar-refractivity contribution in [3.05, 3.63) is 66.5 Å². The molecule has 4 nitrogen and oxygen atoms in total. The minimum atomic E-state index is -0.371. The number of fused-ring (bicyclic) bond motifs is 2. The molecule has 1 aromatic heterocycles. The fourth-order valence-electron chi connectivity index (χ4n) is 4.21. The lowest BCUT2D eigenvalue weighted by Gasteiger charge is -2.32. The quantitative estimate of drug-likeness (QED) is 0.454. The molecule has 0 N–H and O–H groups in total. The summed E-state index contributed by atoms with van der Waals surface area (Å²) in [4.78, 5) is 4.82. The van der Waals surface area contributed by atoms with Crippen LogP contribution in [0, 0.1) is 0 Å². The van der Waals surface area contributed by atoms with Crippen LogP contribution in [0.4, 0.5) is 0 Å². The second kappa shape index (κ2) is 6.69. The first-order chi connectivity index (χ1) is 14.3. The van der Waals surface area contributed by atoms with E-state index in [4.69, 9.17) is 14.3 Å². The zero-order valence-corrected chi connectivity index (χ0v) is 18.3. The summed E-state index contributed by atoms with van der Waals surface area (Å²) in [6, 6.07) is 21.2. The van der Waals surface area contributed by atoms with Crippen molar-refractivity contribution >= 4 is 34.4 Å². The standard InChI is InChI=1S/C25H27BN2O2/c1-6-23-27-21-12-7-8-13-22(21)28(23)18-14-15-19-17(16-18)10-9-11-20(19)26-29-24(2,3)25(4,5)30-26/h7-16H,6H2,1-5H3. The Morgan fingerprint density at radius 2 is 1.63 bits per heavy atom. The highest BCUT2D eigenvalue weighted by molar-refractivity contribution is 6.65. The molecule has 30 heavy (non-hydrogen) atoms. The van der Waals surface area contributed by atoms with E-state index < -0.39 is 0 Å². The summed E-state index contributed by atoms with van der Waals surface area (Å²) >= 11 is 0. The molecule has 1 saturated heterocycles. The number of hydrogen-bond acceptors (Lipinski definition) is 3. The Morgan fingerprint density at radius 3 is 2.37 bits per heavy atom. The predicted octanol–water partition coefficient (Wildman–Crippen LogP) is 5.04. The van der Waals surface area contributed by atoms with Crippen molar-refractivity contribution < 1.29 is 9.31 Å². The largest absolute Gasteiger partial charge is 0.495 e. The third-order valence-corrected chi connectivity index (χ3v) is 6.61. The molecule has 5 heteroatoms. The average molecular weight is 398 g/mol. The van der Waals surface area contributed by atoms with Crippen LogP contribution in [0.5, 0.6) is 0 Å². The average Bonchev–Trinajstić information content (AvgIpc) is 3.20. The fraction of sp³-hybridized carbons (Fsp3) is 0.320. The second-order valence-electron chi connectivity index (χ2n) is 9.05. The van der Waals surface area contributed by atoms with E-state index in [9.17, 15) is 0 Å². The van der Waals surface area contributed by atoms with Gasteiger partial charge in [-0.1, -0.05) is 43.3 Å². The highest BCUT2D eigenvalue weighted by Crippen LogP contribution is 2.37. The zero-order chi connectivity index (χ0) is 21.1. The highest BCUT2D eigenvalue weighted by atomic mass is 16.7. The van der Waals surface area contributed by atoms with Crippen LogP contribution in [-0.4, -0.2) is 27.9 Å². The molecule has 0 amide bonds. The molecule has 4 aromatic rings. The Morgan fingerprint density at radius 1 is 0.900 bits per heavy atom. The van der Waals surface area contributed by atoms with Crippen LogP contribution in [0.2, 0.25) is 0 Å². The lowest BCUT2D eigenvalue weighted by molar-refractivity contribution is 0.00578. The van der Waals surface area contributed by atoms with Crippen molar-refractivity contribution in [1.82, 2.24) is 9.55 Å². The Hall–Kier alpha value is -2.63. The smallest absolute Gasteiger partial charge is 0.399 e. The summed E-state index contributed by atoms with van der Waals surface area (Å²) in [6.45, 7) is 10.5. The van der Waals surface area contributed by atoms with Gasteiger partial charge in [0.2, 0.25) is 0 Å². The van der Waals surface area contributed by atoms with Crippen molar-refractivity contribution in [3.8, 4) is 5.69 Å². The predicted molar refractivity (Wildman–Crippen MR) is 124 cm³/mol. The lowest BCUT2D eigenvalue weighted by atomic mass is 9.76. The van der Waals surface area contributed by atoms with Gasteiger partial charge in [0.25, 0.3) is 0 Å². The van der Waals surface area contributed by atoms with E-state index in [0.717, 1.165) is 39.8 Å². The maximum absolute atomic E-state index is 6.32. The molecule has 0 radical (unpaired) electrons. The summed E-state index contributed by atoms with van der Waals surface area (Å²) in [5, 5.41) is 2.32. The molecule has 2 heterocycles. The summed E-state index contributed by atoms with van der Waals surface area (Å²) in [5.41, 5.74) is 3.65. The molecule has 152 valence electrons. The first-order valence-electron chi connectivity index (χ1n) is 10.7. The van der Waals surface area contributed by atoms with Gasteiger partial charge in [0, 0.05) is 12.1 Å². The van der Waals surface area contributed by atoms with Gasteiger partial charge in [-0.2, -0.15) is 0 Å². The van der Waals surface area contributed by atoms with E-state index in [0.29, 0.717) is 0 Å². The first-order valence-corrected chi connectivity index (χ1v) is 10.7. The normalized spacial score (nSPS) is 17.8. The molecule has 0 unspecified atom stereocenters. The molecule has 5 rings (SSSR count). The third kappa shape index (κ3) is 2.88. The minimum Gasteiger partial charge on any atom is -0.399 e.